The molecule has 18 heavy (non-hydrogen) atoms. The molecule has 0 bridgehead atoms. The molecule has 1 unspecified atom stereocenters. The maximum Gasteiger partial charge on any atom is 0.323 e. The highest BCUT2D eigenvalue weighted by Crippen LogP contribution is 2.22. The molecule has 1 N–H and O–H groups in total. The van der Waals surface area contributed by atoms with Crippen LogP contribution in [0.25, 0.3) is 0 Å². The molecule has 100 valence electrons. The van der Waals surface area contributed by atoms with Crippen LogP contribution in [0.2, 0.25) is 0 Å². The van der Waals surface area contributed by atoms with Gasteiger partial charge in [-0.15, -0.1) is 11.3 Å². The Hall–Kier alpha value is -1.10. The number of aromatic nitrogens is 1. The van der Waals surface area contributed by atoms with Crippen molar-refractivity contribution in [3.8, 4) is 0 Å². The fourth-order valence-corrected chi connectivity index (χ4v) is 3.01. The summed E-state index contributed by atoms with van der Waals surface area (Å²) in [5.74, 6) is 1.01. The number of rotatable bonds is 2. The van der Waals surface area contributed by atoms with Gasteiger partial charge in [0.2, 0.25) is 0 Å². The average molecular weight is 267 g/mol. The van der Waals surface area contributed by atoms with E-state index in [4.69, 9.17) is 0 Å². The molecule has 0 spiro atoms. The van der Waals surface area contributed by atoms with E-state index in [0.29, 0.717) is 17.0 Å². The molecular weight excluding hydrogens is 246 g/mol. The number of urea groups is 1. The number of carbonyl (C=O) groups is 1. The summed E-state index contributed by atoms with van der Waals surface area (Å²) in [6, 6.07) is -0.00814. The van der Waals surface area contributed by atoms with Crippen molar-refractivity contribution in [1.82, 2.24) is 9.88 Å². The van der Waals surface area contributed by atoms with Crippen LogP contribution >= 0.6 is 11.3 Å². The Morgan fingerprint density at radius 2 is 2.39 bits per heavy atom. The average Bonchev–Trinajstić information content (AvgIpc) is 2.77. The lowest BCUT2D eigenvalue weighted by Gasteiger charge is -2.30. The second-order valence-corrected chi connectivity index (χ2v) is 6.21. The SMILES string of the molecule is CC1CCCN(C(=O)Nc2nc(C(C)C)cs2)C1. The molecule has 5 heteroatoms. The van der Waals surface area contributed by atoms with Crippen molar-refractivity contribution < 1.29 is 4.79 Å². The fourth-order valence-electron chi connectivity index (χ4n) is 2.15. The molecule has 2 amide bonds. The zero-order valence-electron chi connectivity index (χ0n) is 11.3. The lowest BCUT2D eigenvalue weighted by atomic mass is 10.0. The van der Waals surface area contributed by atoms with Crippen LogP contribution in [0, 0.1) is 5.92 Å². The zero-order valence-corrected chi connectivity index (χ0v) is 12.1. The van der Waals surface area contributed by atoms with Gasteiger partial charge in [0.15, 0.2) is 5.13 Å². The number of thiazole rings is 1. The molecule has 1 atom stereocenters. The Morgan fingerprint density at radius 1 is 1.61 bits per heavy atom. The highest BCUT2D eigenvalue weighted by atomic mass is 32.1. The van der Waals surface area contributed by atoms with Gasteiger partial charge < -0.3 is 4.90 Å². The van der Waals surface area contributed by atoms with Crippen molar-refractivity contribution in [2.24, 2.45) is 5.92 Å². The van der Waals surface area contributed by atoms with Gasteiger partial charge >= 0.3 is 6.03 Å². The van der Waals surface area contributed by atoms with Gasteiger partial charge in [-0.2, -0.15) is 0 Å². The lowest BCUT2D eigenvalue weighted by molar-refractivity contribution is 0.182. The first-order valence-electron chi connectivity index (χ1n) is 6.57. The van der Waals surface area contributed by atoms with Crippen molar-refractivity contribution in [1.29, 1.82) is 0 Å². The lowest BCUT2D eigenvalue weighted by Crippen LogP contribution is -2.41. The van der Waals surface area contributed by atoms with Gasteiger partial charge in [0.1, 0.15) is 0 Å². The Kier molecular flexibility index (Phi) is 4.22. The van der Waals surface area contributed by atoms with Gasteiger partial charge in [0, 0.05) is 18.5 Å². The molecule has 2 heterocycles. The van der Waals surface area contributed by atoms with Crippen molar-refractivity contribution >= 4 is 22.5 Å². The van der Waals surface area contributed by atoms with Crippen LogP contribution in [-0.4, -0.2) is 29.0 Å². The molecule has 0 aromatic carbocycles. The van der Waals surface area contributed by atoms with E-state index < -0.39 is 0 Å². The van der Waals surface area contributed by atoms with Gasteiger partial charge in [-0.1, -0.05) is 20.8 Å². The van der Waals surface area contributed by atoms with Gasteiger partial charge in [0.05, 0.1) is 5.69 Å². The van der Waals surface area contributed by atoms with Crippen molar-refractivity contribution in [2.75, 3.05) is 18.4 Å². The van der Waals surface area contributed by atoms with Gasteiger partial charge in [-0.25, -0.2) is 9.78 Å². The number of piperidine rings is 1. The summed E-state index contributed by atoms with van der Waals surface area (Å²) in [7, 11) is 0. The molecule has 4 nitrogen and oxygen atoms in total. The quantitative estimate of drug-likeness (QED) is 0.891. The first-order valence-corrected chi connectivity index (χ1v) is 7.45. The molecule has 1 fully saturated rings. The number of nitrogens with one attached hydrogen (secondary N) is 1. The van der Waals surface area contributed by atoms with E-state index in [2.05, 4.69) is 31.1 Å². The number of amides is 2. The van der Waals surface area contributed by atoms with E-state index in [1.54, 1.807) is 0 Å². The number of anilines is 1. The minimum atomic E-state index is -0.00814. The Labute approximate surface area is 112 Å². The van der Waals surface area contributed by atoms with Crippen LogP contribution in [-0.2, 0) is 0 Å². The van der Waals surface area contributed by atoms with E-state index in [-0.39, 0.29) is 6.03 Å². The summed E-state index contributed by atoms with van der Waals surface area (Å²) in [5, 5.41) is 5.62. The maximum atomic E-state index is 12.1. The highest BCUT2D eigenvalue weighted by Gasteiger charge is 2.21. The molecule has 0 radical (unpaired) electrons. The molecule has 2 rings (SSSR count). The molecule has 1 aromatic rings. The normalized spacial score (nSPS) is 20.2. The summed E-state index contributed by atoms with van der Waals surface area (Å²) in [5.41, 5.74) is 1.04. The van der Waals surface area contributed by atoms with Gasteiger partial charge in [0.25, 0.3) is 0 Å². The maximum absolute atomic E-state index is 12.1. The van der Waals surface area contributed by atoms with Crippen LogP contribution in [0.5, 0.6) is 0 Å². The number of hydrogen-bond donors (Lipinski definition) is 1. The molecule has 0 saturated carbocycles. The van der Waals surface area contributed by atoms with Crippen molar-refractivity contribution in [2.45, 2.75) is 39.5 Å². The molecule has 1 aliphatic heterocycles. The second-order valence-electron chi connectivity index (χ2n) is 5.36. The summed E-state index contributed by atoms with van der Waals surface area (Å²) in [6.45, 7) is 8.12. The molecule has 1 aromatic heterocycles. The molecule has 1 saturated heterocycles. The largest absolute Gasteiger partial charge is 0.324 e. The van der Waals surface area contributed by atoms with E-state index in [9.17, 15) is 4.79 Å². The monoisotopic (exact) mass is 267 g/mol. The van der Waals surface area contributed by atoms with Crippen LogP contribution in [0.4, 0.5) is 9.93 Å². The molecule has 0 aliphatic carbocycles. The third-order valence-corrected chi connectivity index (χ3v) is 4.05. The predicted octanol–water partition coefficient (Wildman–Crippen LogP) is 3.53. The minimum Gasteiger partial charge on any atom is -0.324 e. The van der Waals surface area contributed by atoms with E-state index in [1.165, 1.54) is 17.8 Å². The van der Waals surface area contributed by atoms with E-state index in [0.717, 1.165) is 25.2 Å². The van der Waals surface area contributed by atoms with Gasteiger partial charge in [-0.3, -0.25) is 5.32 Å². The molecule has 1 aliphatic rings. The third-order valence-electron chi connectivity index (χ3n) is 3.27. The topological polar surface area (TPSA) is 45.2 Å². The minimum absolute atomic E-state index is 0.00814. The van der Waals surface area contributed by atoms with Crippen LogP contribution < -0.4 is 5.32 Å². The number of likely N-dealkylation sites (tertiary alicyclic amines) is 1. The zero-order chi connectivity index (χ0) is 13.1. The summed E-state index contributed by atoms with van der Waals surface area (Å²) in [4.78, 5) is 18.4. The third kappa shape index (κ3) is 3.22. The number of hydrogen-bond acceptors (Lipinski definition) is 3. The smallest absolute Gasteiger partial charge is 0.323 e. The summed E-state index contributed by atoms with van der Waals surface area (Å²) in [6.07, 6.45) is 2.32. The summed E-state index contributed by atoms with van der Waals surface area (Å²) >= 11 is 1.50. The standard InChI is InChI=1S/C13H21N3OS/c1-9(2)11-8-18-12(14-11)15-13(17)16-6-4-5-10(3)7-16/h8-10H,4-7H2,1-3H3,(H,14,15,17). The first-order chi connectivity index (χ1) is 8.56. The first kappa shape index (κ1) is 13.3. The van der Waals surface area contributed by atoms with Crippen LogP contribution in [0.3, 0.4) is 0 Å². The Bertz CT molecular complexity index is 416. The van der Waals surface area contributed by atoms with Crippen LogP contribution in [0.15, 0.2) is 5.38 Å². The Balaban J connectivity index is 1.93. The van der Waals surface area contributed by atoms with E-state index >= 15 is 0 Å². The Morgan fingerprint density at radius 3 is 3.00 bits per heavy atom. The predicted molar refractivity (Wildman–Crippen MR) is 75.2 cm³/mol. The summed E-state index contributed by atoms with van der Waals surface area (Å²) < 4.78 is 0. The highest BCUT2D eigenvalue weighted by molar-refractivity contribution is 7.13. The van der Waals surface area contributed by atoms with Crippen LogP contribution in [0.1, 0.15) is 45.2 Å². The fraction of sp³-hybridized carbons (Fsp3) is 0.692. The van der Waals surface area contributed by atoms with Crippen molar-refractivity contribution in [3.05, 3.63) is 11.1 Å². The van der Waals surface area contributed by atoms with Crippen molar-refractivity contribution in [3.63, 3.8) is 0 Å². The number of carbonyl (C=O) groups excluding carboxylic acids is 1. The second kappa shape index (κ2) is 5.69. The number of nitrogens with zero attached hydrogens (tertiary/aromatic N) is 2. The van der Waals surface area contributed by atoms with Gasteiger partial charge in [-0.05, 0) is 24.7 Å². The van der Waals surface area contributed by atoms with E-state index in [1.807, 2.05) is 10.3 Å². The molecular formula is C13H21N3OS.